The SMILES string of the molecule is Cc1cc(N2CCCS2(=O)=O)ccc1C(=O)N[C@H]1CC[C@@H](C(=O)O)C1. The van der Waals surface area contributed by atoms with Crippen LogP contribution in [0.5, 0.6) is 0 Å². The van der Waals surface area contributed by atoms with Gasteiger partial charge in [0.2, 0.25) is 10.0 Å². The molecule has 1 saturated heterocycles. The van der Waals surface area contributed by atoms with Gasteiger partial charge in [-0.3, -0.25) is 13.9 Å². The lowest BCUT2D eigenvalue weighted by molar-refractivity contribution is -0.141. The summed E-state index contributed by atoms with van der Waals surface area (Å²) in [6.07, 6.45) is 2.29. The van der Waals surface area contributed by atoms with Gasteiger partial charge in [0.1, 0.15) is 0 Å². The number of anilines is 1. The molecule has 1 heterocycles. The van der Waals surface area contributed by atoms with Crippen LogP contribution in [0.15, 0.2) is 18.2 Å². The molecule has 2 N–H and O–H groups in total. The van der Waals surface area contributed by atoms with Crippen molar-refractivity contribution in [1.29, 1.82) is 0 Å². The Balaban J connectivity index is 1.71. The number of aliphatic carboxylic acids is 1. The van der Waals surface area contributed by atoms with Crippen LogP contribution >= 0.6 is 0 Å². The first-order valence-corrected chi connectivity index (χ1v) is 10.0. The van der Waals surface area contributed by atoms with Gasteiger partial charge >= 0.3 is 5.97 Å². The standard InChI is InChI=1S/C17H22N2O5S/c1-11-9-14(19-7-2-8-25(19,23)24)5-6-15(11)16(20)18-13-4-3-12(10-13)17(21)22/h5-6,9,12-13H,2-4,7-8,10H2,1H3,(H,18,20)(H,21,22)/t12-,13+/m1/s1. The van der Waals surface area contributed by atoms with Crippen LogP contribution in [0.3, 0.4) is 0 Å². The van der Waals surface area contributed by atoms with E-state index in [2.05, 4.69) is 5.32 Å². The van der Waals surface area contributed by atoms with E-state index in [0.29, 0.717) is 49.0 Å². The van der Waals surface area contributed by atoms with Crippen molar-refractivity contribution in [2.75, 3.05) is 16.6 Å². The highest BCUT2D eigenvalue weighted by Gasteiger charge is 2.31. The van der Waals surface area contributed by atoms with E-state index >= 15 is 0 Å². The van der Waals surface area contributed by atoms with Crippen molar-refractivity contribution in [3.05, 3.63) is 29.3 Å². The molecule has 0 unspecified atom stereocenters. The van der Waals surface area contributed by atoms with E-state index in [0.717, 1.165) is 0 Å². The minimum absolute atomic E-state index is 0.133. The molecule has 0 aromatic heterocycles. The molecular formula is C17H22N2O5S. The summed E-state index contributed by atoms with van der Waals surface area (Å²) < 4.78 is 25.4. The molecule has 1 aliphatic heterocycles. The Labute approximate surface area is 147 Å². The highest BCUT2D eigenvalue weighted by Crippen LogP contribution is 2.28. The second kappa shape index (κ2) is 6.67. The number of hydrogen-bond acceptors (Lipinski definition) is 4. The average Bonchev–Trinajstić information content (AvgIpc) is 3.13. The molecule has 8 heteroatoms. The third kappa shape index (κ3) is 3.63. The number of carbonyl (C=O) groups is 2. The Kier molecular flexibility index (Phi) is 4.73. The number of hydrogen-bond donors (Lipinski definition) is 2. The topological polar surface area (TPSA) is 104 Å². The number of carboxylic acids is 1. The van der Waals surface area contributed by atoms with Gasteiger partial charge in [-0.05, 0) is 56.4 Å². The van der Waals surface area contributed by atoms with Crippen molar-refractivity contribution >= 4 is 27.6 Å². The molecule has 1 aromatic rings. The molecular weight excluding hydrogens is 344 g/mol. The molecule has 136 valence electrons. The fraction of sp³-hybridized carbons (Fsp3) is 0.529. The van der Waals surface area contributed by atoms with E-state index in [1.807, 2.05) is 0 Å². The molecule has 2 atom stereocenters. The first-order chi connectivity index (χ1) is 11.8. The zero-order valence-corrected chi connectivity index (χ0v) is 14.9. The van der Waals surface area contributed by atoms with Crippen molar-refractivity contribution in [2.24, 2.45) is 5.92 Å². The highest BCUT2D eigenvalue weighted by atomic mass is 32.2. The molecule has 0 bridgehead atoms. The monoisotopic (exact) mass is 366 g/mol. The van der Waals surface area contributed by atoms with E-state index in [1.165, 1.54) is 4.31 Å². The van der Waals surface area contributed by atoms with Crippen LogP contribution in [0.2, 0.25) is 0 Å². The zero-order chi connectivity index (χ0) is 18.2. The van der Waals surface area contributed by atoms with Gasteiger partial charge in [-0.15, -0.1) is 0 Å². The molecule has 2 aliphatic rings. The Morgan fingerprint density at radius 3 is 2.60 bits per heavy atom. The van der Waals surface area contributed by atoms with Crippen LogP contribution in [0.1, 0.15) is 41.6 Å². The second-order valence-corrected chi connectivity index (χ2v) is 8.77. The quantitative estimate of drug-likeness (QED) is 0.841. The molecule has 3 rings (SSSR count). The van der Waals surface area contributed by atoms with Gasteiger partial charge in [0, 0.05) is 18.2 Å². The number of rotatable bonds is 4. The Hall–Kier alpha value is -2.09. The second-order valence-electron chi connectivity index (χ2n) is 6.76. The summed E-state index contributed by atoms with van der Waals surface area (Å²) in [5, 5.41) is 11.9. The van der Waals surface area contributed by atoms with Crippen molar-refractivity contribution < 1.29 is 23.1 Å². The summed E-state index contributed by atoms with van der Waals surface area (Å²) in [6, 6.07) is 4.87. The third-order valence-electron chi connectivity index (χ3n) is 4.96. The molecule has 25 heavy (non-hydrogen) atoms. The maximum Gasteiger partial charge on any atom is 0.306 e. The Morgan fingerprint density at radius 1 is 1.28 bits per heavy atom. The summed E-state index contributed by atoms with van der Waals surface area (Å²) in [7, 11) is -3.25. The number of sulfonamides is 1. The van der Waals surface area contributed by atoms with Gasteiger partial charge in [-0.25, -0.2) is 8.42 Å². The molecule has 1 aromatic carbocycles. The van der Waals surface area contributed by atoms with Crippen LogP contribution in [0.4, 0.5) is 5.69 Å². The fourth-order valence-corrected chi connectivity index (χ4v) is 5.14. The van der Waals surface area contributed by atoms with Gasteiger partial charge in [0.05, 0.1) is 17.4 Å². The van der Waals surface area contributed by atoms with Crippen LogP contribution in [-0.2, 0) is 14.8 Å². The molecule has 7 nitrogen and oxygen atoms in total. The largest absolute Gasteiger partial charge is 0.481 e. The normalized spacial score (nSPS) is 25.1. The van der Waals surface area contributed by atoms with Gasteiger partial charge in [-0.2, -0.15) is 0 Å². The summed E-state index contributed by atoms with van der Waals surface area (Å²) >= 11 is 0. The van der Waals surface area contributed by atoms with Crippen molar-refractivity contribution in [3.8, 4) is 0 Å². The van der Waals surface area contributed by atoms with E-state index in [1.54, 1.807) is 25.1 Å². The van der Waals surface area contributed by atoms with Gasteiger partial charge < -0.3 is 10.4 Å². The van der Waals surface area contributed by atoms with Gasteiger partial charge in [0.15, 0.2) is 0 Å². The van der Waals surface area contributed by atoms with Crippen LogP contribution in [-0.4, -0.2) is 43.7 Å². The summed E-state index contributed by atoms with van der Waals surface area (Å²) in [5.41, 5.74) is 1.77. The number of benzene rings is 1. The lowest BCUT2D eigenvalue weighted by Crippen LogP contribution is -2.34. The molecule has 0 radical (unpaired) electrons. The number of carbonyl (C=O) groups excluding carboxylic acids is 1. The first-order valence-electron chi connectivity index (χ1n) is 8.42. The van der Waals surface area contributed by atoms with E-state index < -0.39 is 21.9 Å². The Morgan fingerprint density at radius 2 is 2.04 bits per heavy atom. The zero-order valence-electron chi connectivity index (χ0n) is 14.1. The van der Waals surface area contributed by atoms with E-state index in [-0.39, 0.29) is 17.7 Å². The predicted molar refractivity (Wildman–Crippen MR) is 93.2 cm³/mol. The number of nitrogens with one attached hydrogen (secondary N) is 1. The third-order valence-corrected chi connectivity index (χ3v) is 6.83. The average molecular weight is 366 g/mol. The Bertz CT molecular complexity index is 805. The van der Waals surface area contributed by atoms with E-state index in [9.17, 15) is 18.0 Å². The first kappa shape index (κ1) is 17.7. The summed E-state index contributed by atoms with van der Waals surface area (Å²) in [4.78, 5) is 23.5. The number of amides is 1. The highest BCUT2D eigenvalue weighted by molar-refractivity contribution is 7.93. The van der Waals surface area contributed by atoms with Crippen molar-refractivity contribution in [2.45, 2.75) is 38.6 Å². The van der Waals surface area contributed by atoms with Gasteiger partial charge in [0.25, 0.3) is 5.91 Å². The summed E-state index contributed by atoms with van der Waals surface area (Å²) in [5.74, 6) is -1.30. The van der Waals surface area contributed by atoms with Crippen LogP contribution in [0, 0.1) is 12.8 Å². The number of aryl methyl sites for hydroxylation is 1. The van der Waals surface area contributed by atoms with Crippen LogP contribution < -0.4 is 9.62 Å². The van der Waals surface area contributed by atoms with Crippen LogP contribution in [0.25, 0.3) is 0 Å². The number of nitrogens with zero attached hydrogens (tertiary/aromatic N) is 1. The predicted octanol–water partition coefficient (Wildman–Crippen LogP) is 1.52. The summed E-state index contributed by atoms with van der Waals surface area (Å²) in [6.45, 7) is 2.24. The molecule has 0 spiro atoms. The van der Waals surface area contributed by atoms with E-state index in [4.69, 9.17) is 5.11 Å². The van der Waals surface area contributed by atoms with Crippen molar-refractivity contribution in [3.63, 3.8) is 0 Å². The molecule has 1 amide bonds. The molecule has 2 fully saturated rings. The van der Waals surface area contributed by atoms with Crippen molar-refractivity contribution in [1.82, 2.24) is 5.32 Å². The fourth-order valence-electron chi connectivity index (χ4n) is 3.59. The lowest BCUT2D eigenvalue weighted by Gasteiger charge is -2.19. The smallest absolute Gasteiger partial charge is 0.306 e. The maximum absolute atomic E-state index is 12.5. The van der Waals surface area contributed by atoms with Gasteiger partial charge in [-0.1, -0.05) is 0 Å². The minimum Gasteiger partial charge on any atom is -0.481 e. The lowest BCUT2D eigenvalue weighted by atomic mass is 10.1. The molecule has 1 aliphatic carbocycles. The molecule has 1 saturated carbocycles. The maximum atomic E-state index is 12.5. The number of carboxylic acid groups (broad SMARTS) is 1. The minimum atomic E-state index is -3.25.